The van der Waals surface area contributed by atoms with Crippen LogP contribution in [-0.2, 0) is 15.0 Å². The summed E-state index contributed by atoms with van der Waals surface area (Å²) in [6.45, 7) is 8.88. The van der Waals surface area contributed by atoms with Crippen molar-refractivity contribution in [1.29, 1.82) is 0 Å². The van der Waals surface area contributed by atoms with E-state index in [-0.39, 0.29) is 27.9 Å². The topological polar surface area (TPSA) is 43.9 Å². The van der Waals surface area contributed by atoms with Crippen molar-refractivity contribution in [2.45, 2.75) is 33.1 Å². The molecular weight excluding hydrogens is 358 g/mol. The maximum absolute atomic E-state index is 12.8. The van der Waals surface area contributed by atoms with Crippen molar-refractivity contribution < 1.29 is 9.59 Å². The van der Waals surface area contributed by atoms with Crippen LogP contribution in [-0.4, -0.2) is 46.9 Å². The predicted octanol–water partition coefficient (Wildman–Crippen LogP) is 3.22. The van der Waals surface area contributed by atoms with E-state index in [2.05, 4.69) is 30.9 Å². The zero-order chi connectivity index (χ0) is 19.9. The van der Waals surface area contributed by atoms with E-state index in [1.807, 2.05) is 39.1 Å². The third-order valence-electron chi connectivity index (χ3n) is 5.39. The molecule has 2 heterocycles. The van der Waals surface area contributed by atoms with E-state index in [9.17, 15) is 9.59 Å². The number of fused-ring (bicyclic) bond motifs is 1. The lowest BCUT2D eigenvalue weighted by Gasteiger charge is -2.35. The van der Waals surface area contributed by atoms with Crippen LogP contribution >= 0.6 is 12.2 Å². The van der Waals surface area contributed by atoms with Crippen LogP contribution in [0.2, 0.25) is 0 Å². The molecule has 6 heteroatoms. The summed E-state index contributed by atoms with van der Waals surface area (Å²) in [5.41, 5.74) is 3.34. The molecule has 0 atom stereocenters. The van der Waals surface area contributed by atoms with Crippen molar-refractivity contribution in [2.75, 3.05) is 25.0 Å². The minimum atomic E-state index is -0.329. The number of thiocarbonyl (C=S) groups is 1. The molecule has 1 saturated heterocycles. The van der Waals surface area contributed by atoms with E-state index >= 15 is 0 Å². The van der Waals surface area contributed by atoms with Gasteiger partial charge in [0.1, 0.15) is 5.57 Å². The monoisotopic (exact) mass is 383 g/mol. The summed E-state index contributed by atoms with van der Waals surface area (Å²) in [6.07, 6.45) is 3.54. The largest absolute Gasteiger partial charge is 0.347 e. The molecule has 0 bridgehead atoms. The van der Waals surface area contributed by atoms with E-state index < -0.39 is 0 Å². The minimum Gasteiger partial charge on any atom is -0.347 e. The van der Waals surface area contributed by atoms with Gasteiger partial charge in [-0.3, -0.25) is 19.4 Å². The third-order valence-corrected chi connectivity index (χ3v) is 5.83. The second kappa shape index (κ2) is 6.93. The number of amides is 2. The molecule has 1 fully saturated rings. The quantitative estimate of drug-likeness (QED) is 0.457. The van der Waals surface area contributed by atoms with Crippen LogP contribution in [0.1, 0.15) is 33.3 Å². The smallest absolute Gasteiger partial charge is 0.265 e. The van der Waals surface area contributed by atoms with Crippen molar-refractivity contribution in [3.63, 3.8) is 0 Å². The van der Waals surface area contributed by atoms with Gasteiger partial charge in [0.25, 0.3) is 11.8 Å². The molecule has 0 N–H and O–H groups in total. The zero-order valence-corrected chi connectivity index (χ0v) is 17.3. The highest BCUT2D eigenvalue weighted by Crippen LogP contribution is 2.46. The van der Waals surface area contributed by atoms with Crippen LogP contribution in [0.15, 0.2) is 47.7 Å². The van der Waals surface area contributed by atoms with Gasteiger partial charge in [0, 0.05) is 36.9 Å². The molecule has 0 spiro atoms. The summed E-state index contributed by atoms with van der Waals surface area (Å²) >= 11 is 5.31. The number of benzene rings is 1. The van der Waals surface area contributed by atoms with Crippen LogP contribution in [0.25, 0.3) is 0 Å². The average Bonchev–Trinajstić information content (AvgIpc) is 2.83. The lowest BCUT2D eigenvalue weighted by Crippen LogP contribution is -2.55. The van der Waals surface area contributed by atoms with E-state index in [0.29, 0.717) is 13.1 Å². The molecule has 1 aromatic carbocycles. The fourth-order valence-electron chi connectivity index (χ4n) is 3.87. The van der Waals surface area contributed by atoms with Crippen LogP contribution in [0.4, 0.5) is 5.69 Å². The zero-order valence-electron chi connectivity index (χ0n) is 16.4. The van der Waals surface area contributed by atoms with Gasteiger partial charge in [-0.15, -0.1) is 0 Å². The van der Waals surface area contributed by atoms with Gasteiger partial charge in [-0.25, -0.2) is 0 Å². The van der Waals surface area contributed by atoms with Gasteiger partial charge in [0.2, 0.25) is 0 Å². The minimum absolute atomic E-state index is 0.153. The molecule has 142 valence electrons. The summed E-state index contributed by atoms with van der Waals surface area (Å²) in [6, 6.07) is 8.24. The summed E-state index contributed by atoms with van der Waals surface area (Å²) in [5, 5.41) is 0.283. The van der Waals surface area contributed by atoms with Crippen LogP contribution in [0, 0.1) is 0 Å². The molecule has 0 radical (unpaired) electrons. The van der Waals surface area contributed by atoms with E-state index in [1.165, 1.54) is 15.4 Å². The SMILES string of the molecule is CCN1C(=O)C(=CC=C2N(C)c3ccccc3C2(C)C)C(=O)N(CC)C1=S. The van der Waals surface area contributed by atoms with Crippen molar-refractivity contribution >= 4 is 34.8 Å². The van der Waals surface area contributed by atoms with Gasteiger partial charge in [0.15, 0.2) is 5.11 Å². The number of carbonyl (C=O) groups excluding carboxylic acids is 2. The van der Waals surface area contributed by atoms with Crippen LogP contribution in [0.5, 0.6) is 0 Å². The molecule has 27 heavy (non-hydrogen) atoms. The summed E-state index contributed by atoms with van der Waals surface area (Å²) in [5.74, 6) is -0.657. The number of likely N-dealkylation sites (N-methyl/N-ethyl adjacent to an activating group) is 3. The number of hydrogen-bond donors (Lipinski definition) is 0. The first-order chi connectivity index (χ1) is 12.8. The van der Waals surface area contributed by atoms with Crippen LogP contribution in [0.3, 0.4) is 0 Å². The maximum Gasteiger partial charge on any atom is 0.265 e. The van der Waals surface area contributed by atoms with Gasteiger partial charge in [-0.05, 0) is 49.8 Å². The van der Waals surface area contributed by atoms with Crippen molar-refractivity contribution in [3.05, 3.63) is 53.3 Å². The van der Waals surface area contributed by atoms with E-state index in [1.54, 1.807) is 6.08 Å². The number of nitrogens with zero attached hydrogens (tertiary/aromatic N) is 3. The fourth-order valence-corrected chi connectivity index (χ4v) is 4.29. The van der Waals surface area contributed by atoms with Gasteiger partial charge in [0.05, 0.1) is 0 Å². The van der Waals surface area contributed by atoms with Gasteiger partial charge >= 0.3 is 0 Å². The molecule has 2 amide bonds. The fraction of sp³-hybridized carbons (Fsp3) is 0.381. The molecule has 0 aliphatic carbocycles. The normalized spacial score (nSPS) is 20.6. The number of hydrogen-bond acceptors (Lipinski definition) is 4. The Bertz CT molecular complexity index is 857. The Balaban J connectivity index is 2.05. The van der Waals surface area contributed by atoms with Crippen molar-refractivity contribution in [3.8, 4) is 0 Å². The van der Waals surface area contributed by atoms with Crippen molar-refractivity contribution in [1.82, 2.24) is 9.80 Å². The van der Waals surface area contributed by atoms with Crippen LogP contribution < -0.4 is 4.90 Å². The summed E-state index contributed by atoms with van der Waals surface area (Å²) < 4.78 is 0. The summed E-state index contributed by atoms with van der Waals surface area (Å²) in [7, 11) is 2.01. The van der Waals surface area contributed by atoms with Gasteiger partial charge in [-0.2, -0.15) is 0 Å². The number of anilines is 1. The summed E-state index contributed by atoms with van der Waals surface area (Å²) in [4.78, 5) is 30.6. The Hall–Kier alpha value is -2.47. The Morgan fingerprint density at radius 2 is 1.56 bits per heavy atom. The number of rotatable bonds is 3. The second-order valence-corrected chi connectivity index (χ2v) is 7.58. The molecule has 3 rings (SSSR count). The molecule has 0 unspecified atom stereocenters. The maximum atomic E-state index is 12.8. The molecule has 0 aromatic heterocycles. The Kier molecular flexibility index (Phi) is 4.95. The standard InChI is InChI=1S/C21H25N3O2S/c1-6-23-18(25)14(19(26)24(7-2)20(23)27)12-13-17-21(3,4)15-10-8-9-11-16(15)22(17)5/h8-13H,6-7H2,1-5H3. The lowest BCUT2D eigenvalue weighted by molar-refractivity contribution is -0.133. The first-order valence-electron chi connectivity index (χ1n) is 9.19. The third kappa shape index (κ3) is 2.88. The van der Waals surface area contributed by atoms with Gasteiger partial charge in [-0.1, -0.05) is 32.0 Å². The molecule has 0 saturated carbocycles. The molecular formula is C21H25N3O2S. The Morgan fingerprint density at radius 1 is 1.00 bits per heavy atom. The highest BCUT2D eigenvalue weighted by molar-refractivity contribution is 7.80. The lowest BCUT2D eigenvalue weighted by atomic mass is 9.83. The number of allylic oxidation sites excluding steroid dienone is 3. The number of carbonyl (C=O) groups is 2. The second-order valence-electron chi connectivity index (χ2n) is 7.21. The van der Waals surface area contributed by atoms with E-state index in [0.717, 1.165) is 11.4 Å². The average molecular weight is 384 g/mol. The molecule has 2 aliphatic heterocycles. The predicted molar refractivity (Wildman–Crippen MR) is 111 cm³/mol. The Morgan fingerprint density at radius 3 is 2.07 bits per heavy atom. The number of para-hydroxylation sites is 1. The first kappa shape index (κ1) is 19.3. The highest BCUT2D eigenvalue weighted by atomic mass is 32.1. The van der Waals surface area contributed by atoms with E-state index in [4.69, 9.17) is 12.2 Å². The molecule has 5 nitrogen and oxygen atoms in total. The Labute approximate surface area is 165 Å². The highest BCUT2D eigenvalue weighted by Gasteiger charge is 2.40. The molecule has 1 aromatic rings. The van der Waals surface area contributed by atoms with Gasteiger partial charge < -0.3 is 4.90 Å². The first-order valence-corrected chi connectivity index (χ1v) is 9.59. The van der Waals surface area contributed by atoms with Crippen molar-refractivity contribution in [2.24, 2.45) is 0 Å². The molecule has 2 aliphatic rings.